The van der Waals surface area contributed by atoms with Crippen molar-refractivity contribution in [2.45, 2.75) is 62.9 Å². The van der Waals surface area contributed by atoms with Crippen LogP contribution < -0.4 is 5.56 Å². The molecule has 1 heterocycles. The van der Waals surface area contributed by atoms with Crippen molar-refractivity contribution in [3.63, 3.8) is 0 Å². The molecule has 0 radical (unpaired) electrons. The number of fused-ring (bicyclic) bond motifs is 1. The Morgan fingerprint density at radius 2 is 2.10 bits per heavy atom. The van der Waals surface area contributed by atoms with Crippen LogP contribution in [0, 0.1) is 23.2 Å². The molecular weight excluding hydrogens is 396 g/mol. The molecule has 1 fully saturated rings. The highest BCUT2D eigenvalue weighted by atomic mass is 32.2. The highest BCUT2D eigenvalue weighted by Crippen LogP contribution is 2.39. The van der Waals surface area contributed by atoms with E-state index in [0.29, 0.717) is 40.9 Å². The van der Waals surface area contributed by atoms with Crippen LogP contribution in [0.5, 0.6) is 0 Å². The zero-order valence-corrected chi connectivity index (χ0v) is 19.0. The van der Waals surface area contributed by atoms with Crippen molar-refractivity contribution >= 4 is 28.6 Å². The number of nitriles is 1. The fourth-order valence-corrected chi connectivity index (χ4v) is 5.35. The van der Waals surface area contributed by atoms with Crippen molar-refractivity contribution in [1.29, 1.82) is 5.26 Å². The van der Waals surface area contributed by atoms with Crippen LogP contribution >= 0.6 is 11.8 Å². The summed E-state index contributed by atoms with van der Waals surface area (Å²) in [5.74, 6) is 0.841. The van der Waals surface area contributed by atoms with E-state index in [9.17, 15) is 9.59 Å². The lowest BCUT2D eigenvalue weighted by atomic mass is 9.78. The lowest BCUT2D eigenvalue weighted by Gasteiger charge is -2.36. The topological polar surface area (TPSA) is 79.0 Å². The van der Waals surface area contributed by atoms with Crippen LogP contribution in [0.4, 0.5) is 0 Å². The molecule has 1 aliphatic rings. The maximum absolute atomic E-state index is 13.5. The molecule has 0 unspecified atom stereocenters. The maximum Gasteiger partial charge on any atom is 0.262 e. The van der Waals surface area contributed by atoms with Gasteiger partial charge < -0.3 is 4.90 Å². The minimum Gasteiger partial charge on any atom is -0.344 e. The zero-order chi connectivity index (χ0) is 21.8. The third-order valence-electron chi connectivity index (χ3n) is 6.34. The number of thioether (sulfide) groups is 1. The van der Waals surface area contributed by atoms with Crippen molar-refractivity contribution in [2.75, 3.05) is 13.6 Å². The van der Waals surface area contributed by atoms with Gasteiger partial charge >= 0.3 is 0 Å². The molecule has 0 N–H and O–H groups in total. The normalized spacial score (nSPS) is 22.4. The summed E-state index contributed by atoms with van der Waals surface area (Å²) in [5, 5.41) is 9.62. The van der Waals surface area contributed by atoms with Crippen molar-refractivity contribution in [3.8, 4) is 6.07 Å². The minimum atomic E-state index is -0.399. The van der Waals surface area contributed by atoms with Crippen molar-refractivity contribution in [3.05, 3.63) is 34.6 Å². The number of carbonyl (C=O) groups is 1. The number of para-hydroxylation sites is 1. The van der Waals surface area contributed by atoms with Gasteiger partial charge in [0.25, 0.3) is 5.56 Å². The van der Waals surface area contributed by atoms with Crippen molar-refractivity contribution in [1.82, 2.24) is 14.5 Å². The second kappa shape index (κ2) is 9.65. The molecule has 0 spiro atoms. The number of hydrogen-bond donors (Lipinski definition) is 0. The third kappa shape index (κ3) is 4.54. The molecule has 7 heteroatoms. The SMILES string of the molecule is C[C@@H]1[C@H](C)CCC[C@@H]1n1c(S[C@@H](C)C(=O)N(C)CCC#N)nc2ccccc2c1=O. The van der Waals surface area contributed by atoms with Gasteiger partial charge in [-0.2, -0.15) is 5.26 Å². The van der Waals surface area contributed by atoms with Gasteiger partial charge in [0.1, 0.15) is 0 Å². The highest BCUT2D eigenvalue weighted by molar-refractivity contribution is 8.00. The first-order chi connectivity index (χ1) is 14.3. The molecule has 6 nitrogen and oxygen atoms in total. The van der Waals surface area contributed by atoms with Crippen molar-refractivity contribution in [2.24, 2.45) is 11.8 Å². The fraction of sp³-hybridized carbons (Fsp3) is 0.565. The predicted molar refractivity (Wildman–Crippen MR) is 120 cm³/mol. The molecule has 1 aliphatic carbocycles. The molecule has 4 atom stereocenters. The largest absolute Gasteiger partial charge is 0.344 e. The summed E-state index contributed by atoms with van der Waals surface area (Å²) in [4.78, 5) is 32.7. The number of aromatic nitrogens is 2. The number of amides is 1. The Bertz CT molecular complexity index is 1010. The molecule has 3 rings (SSSR count). The first-order valence-corrected chi connectivity index (χ1v) is 11.5. The molecule has 1 saturated carbocycles. The van der Waals surface area contributed by atoms with Crippen LogP contribution in [-0.4, -0.2) is 39.2 Å². The molecule has 160 valence electrons. The number of rotatable bonds is 6. The van der Waals surface area contributed by atoms with E-state index in [2.05, 4.69) is 19.9 Å². The summed E-state index contributed by atoms with van der Waals surface area (Å²) >= 11 is 1.34. The number of carbonyl (C=O) groups excluding carboxylic acids is 1. The quantitative estimate of drug-likeness (QED) is 0.510. The zero-order valence-electron chi connectivity index (χ0n) is 18.2. The molecule has 1 aromatic heterocycles. The Hall–Kier alpha value is -2.33. The second-order valence-electron chi connectivity index (χ2n) is 8.35. The van der Waals surface area contributed by atoms with E-state index in [1.807, 2.05) is 35.8 Å². The minimum absolute atomic E-state index is 0.0217. The average Bonchev–Trinajstić information content (AvgIpc) is 2.74. The Kier molecular flexibility index (Phi) is 7.19. The molecule has 1 amide bonds. The summed E-state index contributed by atoms with van der Waals surface area (Å²) in [6.45, 7) is 6.71. The summed E-state index contributed by atoms with van der Waals surface area (Å²) in [7, 11) is 1.71. The van der Waals surface area contributed by atoms with Crippen molar-refractivity contribution < 1.29 is 4.79 Å². The van der Waals surface area contributed by atoms with E-state index in [4.69, 9.17) is 10.2 Å². The van der Waals surface area contributed by atoms with Crippen LogP contribution in [0.3, 0.4) is 0 Å². The summed E-state index contributed by atoms with van der Waals surface area (Å²) < 4.78 is 1.85. The Morgan fingerprint density at radius 1 is 1.37 bits per heavy atom. The number of benzene rings is 1. The smallest absolute Gasteiger partial charge is 0.262 e. The third-order valence-corrected chi connectivity index (χ3v) is 7.39. The van der Waals surface area contributed by atoms with Gasteiger partial charge in [-0.15, -0.1) is 0 Å². The summed E-state index contributed by atoms with van der Waals surface area (Å²) in [6, 6.07) is 9.58. The van der Waals surface area contributed by atoms with Crippen LogP contribution in [0.25, 0.3) is 10.9 Å². The first-order valence-electron chi connectivity index (χ1n) is 10.6. The molecular formula is C23H30N4O2S. The number of nitrogens with zero attached hydrogens (tertiary/aromatic N) is 4. The van der Waals surface area contributed by atoms with E-state index < -0.39 is 5.25 Å². The molecule has 30 heavy (non-hydrogen) atoms. The van der Waals surface area contributed by atoms with E-state index in [0.717, 1.165) is 12.8 Å². The average molecular weight is 427 g/mol. The monoisotopic (exact) mass is 426 g/mol. The number of hydrogen-bond acceptors (Lipinski definition) is 5. The van der Waals surface area contributed by atoms with E-state index in [-0.39, 0.29) is 17.5 Å². The van der Waals surface area contributed by atoms with Gasteiger partial charge in [-0.3, -0.25) is 14.2 Å². The summed E-state index contributed by atoms with van der Waals surface area (Å²) in [6.07, 6.45) is 3.51. The molecule has 0 bridgehead atoms. The van der Waals surface area contributed by atoms with Crippen LogP contribution in [0.15, 0.2) is 34.2 Å². The van der Waals surface area contributed by atoms with Crippen LogP contribution in [0.1, 0.15) is 52.5 Å². The van der Waals surface area contributed by atoms with Gasteiger partial charge in [0.05, 0.1) is 28.6 Å². The Labute approximate surface area is 182 Å². The first kappa shape index (κ1) is 22.4. The Balaban J connectivity index is 2.01. The van der Waals surface area contributed by atoms with Crippen LogP contribution in [-0.2, 0) is 4.79 Å². The standard InChI is InChI=1S/C23H30N4O2S/c1-15-9-7-12-20(16(15)2)27-22(29)18-10-5-6-11-19(18)25-23(27)30-17(3)21(28)26(4)14-8-13-24/h5-6,10-11,15-17,20H,7-9,12,14H2,1-4H3/t15-,16-,17+,20+/m1/s1. The molecule has 1 aromatic carbocycles. The van der Waals surface area contributed by atoms with E-state index in [1.54, 1.807) is 11.9 Å². The summed E-state index contributed by atoms with van der Waals surface area (Å²) in [5.41, 5.74) is 0.641. The van der Waals surface area contributed by atoms with Crippen LogP contribution in [0.2, 0.25) is 0 Å². The lowest BCUT2D eigenvalue weighted by Crippen LogP contribution is -2.37. The molecule has 0 aliphatic heterocycles. The van der Waals surface area contributed by atoms with Gasteiger partial charge in [0, 0.05) is 19.6 Å². The van der Waals surface area contributed by atoms with E-state index >= 15 is 0 Å². The van der Waals surface area contributed by atoms with Gasteiger partial charge in [-0.1, -0.05) is 50.6 Å². The molecule has 0 saturated heterocycles. The molecule has 2 aromatic rings. The lowest BCUT2D eigenvalue weighted by molar-refractivity contribution is -0.128. The van der Waals surface area contributed by atoms with Gasteiger partial charge in [-0.25, -0.2) is 4.98 Å². The Morgan fingerprint density at radius 3 is 2.83 bits per heavy atom. The van der Waals surface area contributed by atoms with Gasteiger partial charge in [-0.05, 0) is 37.3 Å². The highest BCUT2D eigenvalue weighted by Gasteiger charge is 2.32. The predicted octanol–water partition coefficient (Wildman–Crippen LogP) is 4.25. The fourth-order valence-electron chi connectivity index (χ4n) is 4.27. The second-order valence-corrected chi connectivity index (χ2v) is 9.66. The van der Waals surface area contributed by atoms with Gasteiger partial charge in [0.15, 0.2) is 5.16 Å². The van der Waals surface area contributed by atoms with E-state index in [1.165, 1.54) is 18.2 Å². The van der Waals surface area contributed by atoms with Gasteiger partial charge in [0.2, 0.25) is 5.91 Å². The maximum atomic E-state index is 13.5.